The highest BCUT2D eigenvalue weighted by atomic mass is 16.6. The second-order valence-electron chi connectivity index (χ2n) is 8.85. The van der Waals surface area contributed by atoms with E-state index in [1.165, 1.54) is 19.5 Å². The van der Waals surface area contributed by atoms with Crippen LogP contribution in [0.4, 0.5) is 10.5 Å². The number of hydrogen-bond acceptors (Lipinski definition) is 7. The van der Waals surface area contributed by atoms with Crippen LogP contribution in [0.1, 0.15) is 56.8 Å². The average Bonchev–Trinajstić information content (AvgIpc) is 3.33. The third-order valence-electron chi connectivity index (χ3n) is 5.56. The molecule has 1 fully saturated rings. The van der Waals surface area contributed by atoms with Gasteiger partial charge < -0.3 is 19.5 Å². The molecule has 168 valence electrons. The number of anilines is 1. The maximum absolute atomic E-state index is 12.8. The zero-order valence-corrected chi connectivity index (χ0v) is 18.5. The van der Waals surface area contributed by atoms with Crippen molar-refractivity contribution in [2.24, 2.45) is 5.92 Å². The summed E-state index contributed by atoms with van der Waals surface area (Å²) in [6.45, 7) is 5.22. The fourth-order valence-corrected chi connectivity index (χ4v) is 4.25. The van der Waals surface area contributed by atoms with E-state index in [0.717, 1.165) is 30.3 Å². The topological polar surface area (TPSA) is 111 Å². The van der Waals surface area contributed by atoms with Gasteiger partial charge in [0.2, 0.25) is 0 Å². The Morgan fingerprint density at radius 2 is 1.90 bits per heavy atom. The molecule has 0 spiro atoms. The van der Waals surface area contributed by atoms with Crippen LogP contribution in [0.15, 0.2) is 18.5 Å². The Kier molecular flexibility index (Phi) is 6.24. The van der Waals surface area contributed by atoms with Crippen molar-refractivity contribution < 1.29 is 29.0 Å². The molecule has 31 heavy (non-hydrogen) atoms. The van der Waals surface area contributed by atoms with Gasteiger partial charge in [0.25, 0.3) is 0 Å². The number of methoxy groups -OCH3 is 1. The first kappa shape index (κ1) is 22.6. The highest BCUT2D eigenvalue weighted by molar-refractivity contribution is 6.10. The zero-order chi connectivity index (χ0) is 22.9. The third kappa shape index (κ3) is 4.50. The Balaban J connectivity index is 2.17. The fourth-order valence-electron chi connectivity index (χ4n) is 4.25. The number of carboxylic acids is 1. The van der Waals surface area contributed by atoms with Crippen molar-refractivity contribution in [2.45, 2.75) is 58.1 Å². The van der Waals surface area contributed by atoms with Crippen LogP contribution >= 0.6 is 0 Å². The van der Waals surface area contributed by atoms with Crippen LogP contribution < -0.4 is 4.90 Å². The van der Waals surface area contributed by atoms with Gasteiger partial charge in [-0.25, -0.2) is 23.9 Å². The minimum absolute atomic E-state index is 0.000216. The van der Waals surface area contributed by atoms with E-state index in [2.05, 4.69) is 4.98 Å². The first-order valence-electron chi connectivity index (χ1n) is 10.3. The summed E-state index contributed by atoms with van der Waals surface area (Å²) >= 11 is 0. The maximum Gasteiger partial charge on any atom is 0.420 e. The van der Waals surface area contributed by atoms with Gasteiger partial charge in [-0.05, 0) is 45.6 Å². The number of rotatable bonds is 5. The number of carboxylic acid groups (broad SMARTS) is 1. The van der Waals surface area contributed by atoms with Crippen LogP contribution in [0.5, 0.6) is 0 Å². The number of carbonyl (C=O) groups is 3. The van der Waals surface area contributed by atoms with Gasteiger partial charge in [-0.2, -0.15) is 0 Å². The van der Waals surface area contributed by atoms with Gasteiger partial charge >= 0.3 is 18.0 Å². The average molecular weight is 431 g/mol. The number of likely N-dealkylation sites (N-methyl/N-ethyl adjacent to an activating group) is 1. The Bertz CT molecular complexity index is 1000. The van der Waals surface area contributed by atoms with Gasteiger partial charge in [-0.1, -0.05) is 12.8 Å². The third-order valence-corrected chi connectivity index (χ3v) is 5.56. The number of pyridine rings is 1. The molecule has 9 heteroatoms. The smallest absolute Gasteiger partial charge is 0.420 e. The van der Waals surface area contributed by atoms with E-state index in [-0.39, 0.29) is 17.1 Å². The van der Waals surface area contributed by atoms with E-state index in [1.54, 1.807) is 38.8 Å². The number of fused-ring (bicyclic) bond motifs is 1. The number of nitrogens with zero attached hydrogens (tertiary/aromatic N) is 3. The van der Waals surface area contributed by atoms with Gasteiger partial charge in [0.1, 0.15) is 11.6 Å². The molecule has 0 aromatic carbocycles. The van der Waals surface area contributed by atoms with E-state index in [1.807, 2.05) is 0 Å². The summed E-state index contributed by atoms with van der Waals surface area (Å²) in [7, 11) is 2.94. The van der Waals surface area contributed by atoms with Crippen molar-refractivity contribution in [3.8, 4) is 0 Å². The predicted molar refractivity (Wildman–Crippen MR) is 114 cm³/mol. The minimum atomic E-state index is -0.925. The summed E-state index contributed by atoms with van der Waals surface area (Å²) in [5.41, 5.74) is 0.0696. The Morgan fingerprint density at radius 1 is 1.26 bits per heavy atom. The van der Waals surface area contributed by atoms with Gasteiger partial charge in [0, 0.05) is 19.4 Å². The van der Waals surface area contributed by atoms with E-state index < -0.39 is 29.7 Å². The second-order valence-corrected chi connectivity index (χ2v) is 8.85. The monoisotopic (exact) mass is 431 g/mol. The van der Waals surface area contributed by atoms with Crippen LogP contribution in [0.3, 0.4) is 0 Å². The van der Waals surface area contributed by atoms with Crippen molar-refractivity contribution in [1.82, 2.24) is 9.55 Å². The van der Waals surface area contributed by atoms with Crippen LogP contribution in [-0.4, -0.2) is 58.5 Å². The molecular weight excluding hydrogens is 402 g/mol. The molecule has 0 unspecified atom stereocenters. The minimum Gasteiger partial charge on any atom is -0.480 e. The highest BCUT2D eigenvalue weighted by Crippen LogP contribution is 2.36. The van der Waals surface area contributed by atoms with Crippen molar-refractivity contribution in [3.63, 3.8) is 0 Å². The molecular formula is C22H29N3O6. The van der Waals surface area contributed by atoms with Gasteiger partial charge in [0.15, 0.2) is 5.65 Å². The van der Waals surface area contributed by atoms with Crippen molar-refractivity contribution in [1.29, 1.82) is 0 Å². The lowest BCUT2D eigenvalue weighted by Gasteiger charge is -2.31. The quantitative estimate of drug-likeness (QED) is 0.714. The molecule has 2 heterocycles. The molecule has 2 aromatic rings. The van der Waals surface area contributed by atoms with E-state index in [0.29, 0.717) is 11.1 Å². The highest BCUT2D eigenvalue weighted by Gasteiger charge is 2.36. The molecule has 9 nitrogen and oxygen atoms in total. The lowest BCUT2D eigenvalue weighted by atomic mass is 9.96. The Morgan fingerprint density at radius 3 is 2.45 bits per heavy atom. The standard InChI is InChI=1S/C22H29N3O6/c1-22(2,3)31-21(29)25-12-14(20(28)30-5)16-15(10-11-23-18(16)25)24(4)17(19(26)27)13-8-6-7-9-13/h10-13,17H,6-9H2,1-5H3,(H,26,27)/t17-/m1/s1. The van der Waals surface area contributed by atoms with E-state index in [4.69, 9.17) is 9.47 Å². The summed E-state index contributed by atoms with van der Waals surface area (Å²) in [5, 5.41) is 10.3. The van der Waals surface area contributed by atoms with Crippen molar-refractivity contribution in [2.75, 3.05) is 19.1 Å². The molecule has 1 aliphatic rings. The van der Waals surface area contributed by atoms with E-state index in [9.17, 15) is 19.5 Å². The van der Waals surface area contributed by atoms with Crippen LogP contribution in [0.2, 0.25) is 0 Å². The number of hydrogen-bond donors (Lipinski definition) is 1. The van der Waals surface area contributed by atoms with E-state index >= 15 is 0 Å². The lowest BCUT2D eigenvalue weighted by Crippen LogP contribution is -2.43. The summed E-state index contributed by atoms with van der Waals surface area (Å²) in [6.07, 6.45) is 5.79. The molecule has 2 aromatic heterocycles. The van der Waals surface area contributed by atoms with Gasteiger partial charge in [-0.15, -0.1) is 0 Å². The van der Waals surface area contributed by atoms with Crippen LogP contribution in [-0.2, 0) is 14.3 Å². The van der Waals surface area contributed by atoms with Crippen LogP contribution in [0.25, 0.3) is 11.0 Å². The summed E-state index contributed by atoms with van der Waals surface area (Å²) in [4.78, 5) is 43.4. The molecule has 0 bridgehead atoms. The van der Waals surface area contributed by atoms with Crippen molar-refractivity contribution >= 4 is 34.8 Å². The summed E-state index contributed by atoms with van der Waals surface area (Å²) in [5.74, 6) is -1.58. The molecule has 1 aliphatic carbocycles. The fraction of sp³-hybridized carbons (Fsp3) is 0.545. The first-order valence-corrected chi connectivity index (χ1v) is 10.3. The van der Waals surface area contributed by atoms with Crippen LogP contribution in [0, 0.1) is 5.92 Å². The number of esters is 1. The molecule has 1 atom stereocenters. The maximum atomic E-state index is 12.8. The largest absolute Gasteiger partial charge is 0.480 e. The molecule has 3 rings (SSSR count). The Labute approximate surface area is 180 Å². The number of aromatic nitrogens is 2. The molecule has 1 N–H and O–H groups in total. The normalized spacial score (nSPS) is 15.6. The molecule has 0 amide bonds. The first-order chi connectivity index (χ1) is 14.5. The second kappa shape index (κ2) is 8.56. The lowest BCUT2D eigenvalue weighted by molar-refractivity contribution is -0.139. The number of aliphatic carboxylic acids is 1. The van der Waals surface area contributed by atoms with Gasteiger partial charge in [-0.3, -0.25) is 0 Å². The number of ether oxygens (including phenoxy) is 2. The SMILES string of the molecule is COC(=O)c1cn(C(=O)OC(C)(C)C)c2nccc(N(C)[C@@H](C(=O)O)C3CCCC3)c12. The molecule has 0 aliphatic heterocycles. The summed E-state index contributed by atoms with van der Waals surface area (Å²) in [6, 6.07) is 0.891. The molecule has 1 saturated carbocycles. The zero-order valence-electron chi connectivity index (χ0n) is 18.5. The summed E-state index contributed by atoms with van der Waals surface area (Å²) < 4.78 is 11.5. The number of carbonyl (C=O) groups excluding carboxylic acids is 2. The van der Waals surface area contributed by atoms with Gasteiger partial charge in [0.05, 0.1) is 23.7 Å². The van der Waals surface area contributed by atoms with Crippen molar-refractivity contribution in [3.05, 3.63) is 24.0 Å². The predicted octanol–water partition coefficient (Wildman–Crippen LogP) is 3.69. The Hall–Kier alpha value is -3.10. The molecule has 0 saturated heterocycles. The molecule has 0 radical (unpaired) electrons.